The van der Waals surface area contributed by atoms with Gasteiger partial charge in [0.1, 0.15) is 0 Å². The Morgan fingerprint density at radius 3 is 2.91 bits per heavy atom. The smallest absolute Gasteiger partial charge is 0.0956 e. The second-order valence-electron chi connectivity index (χ2n) is 2.59. The van der Waals surface area contributed by atoms with Gasteiger partial charge in [0, 0.05) is 12.0 Å². The highest BCUT2D eigenvalue weighted by Gasteiger charge is 2.01. The van der Waals surface area contributed by atoms with Crippen LogP contribution in [0.5, 0.6) is 0 Å². The van der Waals surface area contributed by atoms with Gasteiger partial charge in [0.15, 0.2) is 0 Å². The maximum atomic E-state index is 8.71. The Morgan fingerprint density at radius 1 is 1.27 bits per heavy atom. The molecule has 0 fully saturated rings. The van der Waals surface area contributed by atoms with Crippen LogP contribution in [0.25, 0.3) is 11.6 Å². The molecule has 0 spiro atoms. The van der Waals surface area contributed by atoms with Gasteiger partial charge in [-0.2, -0.15) is 5.26 Å². The van der Waals surface area contributed by atoms with Gasteiger partial charge in [-0.15, -0.1) is 0 Å². The lowest BCUT2D eigenvalue weighted by Crippen LogP contribution is -2.21. The van der Waals surface area contributed by atoms with E-state index in [0.29, 0.717) is 0 Å². The number of nitriles is 1. The van der Waals surface area contributed by atoms with Crippen LogP contribution in [0, 0.1) is 11.3 Å². The van der Waals surface area contributed by atoms with Crippen molar-refractivity contribution in [2.45, 2.75) is 6.42 Å². The van der Waals surface area contributed by atoms with Crippen LogP contribution in [-0.4, -0.2) is 0 Å². The van der Waals surface area contributed by atoms with Crippen molar-refractivity contribution in [1.29, 1.82) is 5.26 Å². The van der Waals surface area contributed by atoms with Crippen LogP contribution in [0.4, 0.5) is 0 Å². The van der Waals surface area contributed by atoms with Crippen molar-refractivity contribution in [2.75, 3.05) is 0 Å². The van der Waals surface area contributed by atoms with Crippen LogP contribution in [-0.2, 0) is 0 Å². The molecule has 0 aliphatic heterocycles. The van der Waals surface area contributed by atoms with Gasteiger partial charge in [0.05, 0.1) is 6.07 Å². The molecule has 2 rings (SSSR count). The van der Waals surface area contributed by atoms with Crippen LogP contribution in [0.15, 0.2) is 24.3 Å². The molecule has 0 saturated carbocycles. The zero-order valence-corrected chi connectivity index (χ0v) is 6.04. The molecule has 1 aromatic carbocycles. The zero-order chi connectivity index (χ0) is 7.68. The summed E-state index contributed by atoms with van der Waals surface area (Å²) < 4.78 is 0. The summed E-state index contributed by atoms with van der Waals surface area (Å²) in [4.78, 5) is 0. The lowest BCUT2D eigenvalue weighted by Gasteiger charge is -1.83. The first-order valence-corrected chi connectivity index (χ1v) is 3.60. The highest BCUT2D eigenvalue weighted by molar-refractivity contribution is 5.69. The molecule has 0 saturated heterocycles. The van der Waals surface area contributed by atoms with Crippen molar-refractivity contribution in [2.24, 2.45) is 0 Å². The molecule has 1 aliphatic carbocycles. The van der Waals surface area contributed by atoms with E-state index < -0.39 is 0 Å². The van der Waals surface area contributed by atoms with Crippen LogP contribution in [0.2, 0.25) is 0 Å². The highest BCUT2D eigenvalue weighted by atomic mass is 14.2. The van der Waals surface area contributed by atoms with Gasteiger partial charge in [-0.25, -0.2) is 0 Å². The summed E-state index contributed by atoms with van der Waals surface area (Å²) in [7, 11) is 0. The first-order chi connectivity index (χ1) is 5.42. The number of hydrogen-bond acceptors (Lipinski definition) is 1. The Labute approximate surface area is 64.9 Å². The van der Waals surface area contributed by atoms with Gasteiger partial charge in [-0.1, -0.05) is 30.3 Å². The summed E-state index contributed by atoms with van der Waals surface area (Å²) in [5.74, 6) is 0. The Hall–Kier alpha value is -1.55. The average molecular weight is 141 g/mol. The third-order valence-corrected chi connectivity index (χ3v) is 1.95. The van der Waals surface area contributed by atoms with Crippen molar-refractivity contribution in [3.05, 3.63) is 34.7 Å². The van der Waals surface area contributed by atoms with E-state index in [1.165, 1.54) is 5.22 Å². The number of hydrogen-bond donors (Lipinski definition) is 0. The van der Waals surface area contributed by atoms with Gasteiger partial charge >= 0.3 is 0 Å². The fourth-order valence-electron chi connectivity index (χ4n) is 1.38. The summed E-state index contributed by atoms with van der Waals surface area (Å²) in [6, 6.07) is 10.2. The van der Waals surface area contributed by atoms with Crippen LogP contribution in [0.1, 0.15) is 6.42 Å². The quantitative estimate of drug-likeness (QED) is 0.517. The normalized spacial score (nSPS) is 13.5. The standard InChI is InChI=1S/C10H7N/c11-7-9-6-5-8-3-1-2-4-10(8)9/h1-5H,6H2. The van der Waals surface area contributed by atoms with Gasteiger partial charge in [-0.05, 0) is 10.4 Å². The van der Waals surface area contributed by atoms with Gasteiger partial charge in [0.2, 0.25) is 0 Å². The molecule has 0 aromatic heterocycles. The summed E-state index contributed by atoms with van der Waals surface area (Å²) in [5, 5.41) is 11.0. The molecule has 0 bridgehead atoms. The third-order valence-electron chi connectivity index (χ3n) is 1.95. The van der Waals surface area contributed by atoms with E-state index >= 15 is 0 Å². The minimum atomic E-state index is 0.801. The van der Waals surface area contributed by atoms with E-state index in [2.05, 4.69) is 12.1 Å². The molecule has 52 valence electrons. The summed E-state index contributed by atoms with van der Waals surface area (Å²) in [6.45, 7) is 0. The first kappa shape index (κ1) is 6.18. The van der Waals surface area contributed by atoms with E-state index in [0.717, 1.165) is 17.2 Å². The Bertz CT molecular complexity index is 435. The lowest BCUT2D eigenvalue weighted by molar-refractivity contribution is 1.47. The Morgan fingerprint density at radius 2 is 2.09 bits per heavy atom. The van der Waals surface area contributed by atoms with Gasteiger partial charge < -0.3 is 0 Å². The highest BCUT2D eigenvalue weighted by Crippen LogP contribution is 2.01. The third kappa shape index (κ3) is 0.841. The van der Waals surface area contributed by atoms with E-state index in [9.17, 15) is 0 Å². The van der Waals surface area contributed by atoms with E-state index in [-0.39, 0.29) is 0 Å². The number of fused-ring (bicyclic) bond motifs is 1. The second-order valence-corrected chi connectivity index (χ2v) is 2.59. The van der Waals surface area contributed by atoms with Crippen LogP contribution >= 0.6 is 0 Å². The topological polar surface area (TPSA) is 23.8 Å². The molecule has 0 N–H and O–H groups in total. The molecule has 1 aliphatic rings. The lowest BCUT2D eigenvalue weighted by atomic mass is 10.2. The molecule has 1 nitrogen and oxygen atoms in total. The second kappa shape index (κ2) is 2.25. The molecule has 0 atom stereocenters. The van der Waals surface area contributed by atoms with Gasteiger partial charge in [-0.3, -0.25) is 0 Å². The van der Waals surface area contributed by atoms with Crippen molar-refractivity contribution in [3.8, 4) is 6.07 Å². The average Bonchev–Trinajstić information content (AvgIpc) is 2.47. The van der Waals surface area contributed by atoms with Crippen LogP contribution < -0.4 is 10.4 Å². The molecule has 0 unspecified atom stereocenters. The van der Waals surface area contributed by atoms with Crippen molar-refractivity contribution < 1.29 is 0 Å². The van der Waals surface area contributed by atoms with Crippen molar-refractivity contribution >= 4 is 11.6 Å². The molecule has 1 heteroatoms. The molecule has 0 amide bonds. The van der Waals surface area contributed by atoms with E-state index in [1.807, 2.05) is 24.3 Å². The van der Waals surface area contributed by atoms with Crippen LogP contribution in [0.3, 0.4) is 0 Å². The number of benzene rings is 1. The van der Waals surface area contributed by atoms with Crippen molar-refractivity contribution in [3.63, 3.8) is 0 Å². The monoisotopic (exact) mass is 141 g/mol. The van der Waals surface area contributed by atoms with E-state index in [4.69, 9.17) is 5.26 Å². The fourth-order valence-corrected chi connectivity index (χ4v) is 1.38. The zero-order valence-electron chi connectivity index (χ0n) is 6.04. The largest absolute Gasteiger partial charge is 0.193 e. The molecule has 1 aromatic rings. The molecule has 11 heavy (non-hydrogen) atoms. The summed E-state index contributed by atoms with van der Waals surface area (Å²) in [5.41, 5.74) is 0.889. The summed E-state index contributed by atoms with van der Waals surface area (Å²) >= 11 is 0. The minimum Gasteiger partial charge on any atom is -0.193 e. The Kier molecular flexibility index (Phi) is 1.26. The van der Waals surface area contributed by atoms with E-state index in [1.54, 1.807) is 0 Å². The molecular formula is C10H7N. The predicted molar refractivity (Wildman–Crippen MR) is 43.8 cm³/mol. The SMILES string of the molecule is N#CC1=c2ccccc2=CC1. The van der Waals surface area contributed by atoms with Gasteiger partial charge in [0.25, 0.3) is 0 Å². The minimum absolute atomic E-state index is 0.801. The predicted octanol–water partition coefficient (Wildman–Crippen LogP) is 0.545. The number of rotatable bonds is 0. The Balaban J connectivity index is 2.93. The summed E-state index contributed by atoms with van der Waals surface area (Å²) in [6.07, 6.45) is 2.89. The maximum Gasteiger partial charge on any atom is 0.0956 e. The number of nitrogens with zero attached hydrogens (tertiary/aromatic N) is 1. The maximum absolute atomic E-state index is 8.71. The fraction of sp³-hybridized carbons (Fsp3) is 0.100. The molecule has 0 radical (unpaired) electrons. The van der Waals surface area contributed by atoms with Crippen molar-refractivity contribution in [1.82, 2.24) is 0 Å². The first-order valence-electron chi connectivity index (χ1n) is 3.60. The molecular weight excluding hydrogens is 134 g/mol. The molecule has 0 heterocycles.